The van der Waals surface area contributed by atoms with Crippen molar-refractivity contribution in [1.29, 1.82) is 0 Å². The first-order valence-electron chi connectivity index (χ1n) is 4.17. The van der Waals surface area contributed by atoms with Crippen molar-refractivity contribution in [2.45, 2.75) is 6.92 Å². The van der Waals surface area contributed by atoms with Crippen LogP contribution >= 0.6 is 0 Å². The highest BCUT2D eigenvalue weighted by atomic mass is 16.3. The minimum atomic E-state index is -0.0203. The number of rotatable bonds is 0. The number of allylic oxidation sites excluding steroid dienone is 7. The molecule has 0 aromatic carbocycles. The zero-order valence-electron chi connectivity index (χ0n) is 7.07. The van der Waals surface area contributed by atoms with E-state index in [4.69, 9.17) is 0 Å². The largest absolute Gasteiger partial charge is 0.508 e. The van der Waals surface area contributed by atoms with Crippen molar-refractivity contribution in [3.8, 4) is 0 Å². The van der Waals surface area contributed by atoms with Crippen molar-refractivity contribution in [3.05, 3.63) is 48.3 Å². The van der Waals surface area contributed by atoms with Gasteiger partial charge in [-0.15, -0.1) is 0 Å². The molecule has 0 bridgehead atoms. The molecule has 0 saturated carbocycles. The average molecular weight is 160 g/mol. The van der Waals surface area contributed by atoms with Crippen molar-refractivity contribution in [3.63, 3.8) is 0 Å². The van der Waals surface area contributed by atoms with Crippen LogP contribution in [0, 0.1) is 11.3 Å². The number of hydrogen-bond donors (Lipinski definition) is 1. The molecule has 0 fully saturated rings. The van der Waals surface area contributed by atoms with Gasteiger partial charge in [0.15, 0.2) is 0 Å². The van der Waals surface area contributed by atoms with E-state index in [2.05, 4.69) is 19.1 Å². The molecule has 0 amide bonds. The lowest BCUT2D eigenvalue weighted by molar-refractivity contribution is 0.378. The first-order chi connectivity index (χ1) is 5.71. The highest BCUT2D eigenvalue weighted by molar-refractivity contribution is 5.35. The zero-order chi connectivity index (χ0) is 8.60. The molecule has 2 aliphatic rings. The molecule has 2 unspecified atom stereocenters. The van der Waals surface area contributed by atoms with Gasteiger partial charge in [0, 0.05) is 11.3 Å². The fourth-order valence-corrected chi connectivity index (χ4v) is 1.75. The van der Waals surface area contributed by atoms with Gasteiger partial charge < -0.3 is 5.11 Å². The van der Waals surface area contributed by atoms with Gasteiger partial charge >= 0.3 is 0 Å². The van der Waals surface area contributed by atoms with Crippen LogP contribution in [0.1, 0.15) is 6.92 Å². The summed E-state index contributed by atoms with van der Waals surface area (Å²) in [4.78, 5) is 0. The highest BCUT2D eigenvalue weighted by Gasteiger charge is 2.30. The van der Waals surface area contributed by atoms with E-state index in [1.807, 2.05) is 24.3 Å². The third-order valence-electron chi connectivity index (χ3n) is 2.54. The van der Waals surface area contributed by atoms with Crippen LogP contribution in [-0.4, -0.2) is 5.11 Å². The predicted octanol–water partition coefficient (Wildman–Crippen LogP) is 2.75. The first-order valence-corrected chi connectivity index (χ1v) is 4.17. The van der Waals surface area contributed by atoms with Crippen LogP contribution in [0.2, 0.25) is 0 Å². The monoisotopic (exact) mass is 160 g/mol. The molecular formula is C11H12O. The number of aliphatic hydroxyl groups excluding tert-OH is 1. The van der Waals surface area contributed by atoms with Crippen LogP contribution in [0.4, 0.5) is 0 Å². The Balaban J connectivity index is 2.42. The minimum absolute atomic E-state index is 0.0203. The van der Waals surface area contributed by atoms with E-state index in [1.54, 1.807) is 6.08 Å². The Morgan fingerprint density at radius 2 is 2.17 bits per heavy atom. The van der Waals surface area contributed by atoms with Crippen LogP contribution in [0.5, 0.6) is 0 Å². The standard InChI is InChI=1S/C11H12O/c1-11-7-3-2-4-9(11)5-6-10(12)8-11/h2-9,12H,1H3. The van der Waals surface area contributed by atoms with Gasteiger partial charge in [0.05, 0.1) is 0 Å². The van der Waals surface area contributed by atoms with E-state index in [0.29, 0.717) is 11.7 Å². The van der Waals surface area contributed by atoms with E-state index >= 15 is 0 Å². The van der Waals surface area contributed by atoms with Gasteiger partial charge in [0.25, 0.3) is 0 Å². The Labute approximate surface area is 72.4 Å². The summed E-state index contributed by atoms with van der Waals surface area (Å²) in [6.45, 7) is 2.12. The molecule has 0 aromatic heterocycles. The molecule has 2 aliphatic carbocycles. The Bertz CT molecular complexity index is 307. The second-order valence-corrected chi connectivity index (χ2v) is 3.56. The molecule has 0 radical (unpaired) electrons. The van der Waals surface area contributed by atoms with Gasteiger partial charge in [-0.1, -0.05) is 37.3 Å². The van der Waals surface area contributed by atoms with Gasteiger partial charge in [-0.25, -0.2) is 0 Å². The molecule has 62 valence electrons. The summed E-state index contributed by atoms with van der Waals surface area (Å²) in [5, 5.41) is 9.33. The van der Waals surface area contributed by atoms with Crippen molar-refractivity contribution >= 4 is 0 Å². The Morgan fingerprint density at radius 3 is 3.00 bits per heavy atom. The Morgan fingerprint density at radius 1 is 1.33 bits per heavy atom. The van der Waals surface area contributed by atoms with Crippen LogP contribution in [0.25, 0.3) is 0 Å². The lowest BCUT2D eigenvalue weighted by Crippen LogP contribution is -2.24. The minimum Gasteiger partial charge on any atom is -0.508 e. The molecule has 1 heteroatoms. The quantitative estimate of drug-likeness (QED) is 0.577. The molecule has 2 rings (SSSR count). The van der Waals surface area contributed by atoms with Crippen molar-refractivity contribution in [2.75, 3.05) is 0 Å². The summed E-state index contributed by atoms with van der Waals surface area (Å²) in [6.07, 6.45) is 14.0. The molecule has 0 heterocycles. The van der Waals surface area contributed by atoms with Crippen molar-refractivity contribution in [2.24, 2.45) is 11.3 Å². The molecule has 0 aliphatic heterocycles. The number of aliphatic hydroxyl groups is 1. The van der Waals surface area contributed by atoms with E-state index in [-0.39, 0.29) is 5.41 Å². The third-order valence-corrected chi connectivity index (χ3v) is 2.54. The Hall–Kier alpha value is -1.24. The lowest BCUT2D eigenvalue weighted by Gasteiger charge is -2.32. The SMILES string of the molecule is CC12C=CC=CC1C=CC(O)=C2. The highest BCUT2D eigenvalue weighted by Crippen LogP contribution is 2.38. The van der Waals surface area contributed by atoms with Gasteiger partial charge in [-0.05, 0) is 12.2 Å². The Kier molecular flexibility index (Phi) is 1.47. The first kappa shape index (κ1) is 7.41. The fraction of sp³-hybridized carbons (Fsp3) is 0.273. The normalized spacial score (nSPS) is 37.8. The summed E-state index contributed by atoms with van der Waals surface area (Å²) < 4.78 is 0. The van der Waals surface area contributed by atoms with E-state index in [9.17, 15) is 5.11 Å². The smallest absolute Gasteiger partial charge is 0.112 e. The summed E-state index contributed by atoms with van der Waals surface area (Å²) in [7, 11) is 0. The van der Waals surface area contributed by atoms with Crippen LogP contribution < -0.4 is 0 Å². The van der Waals surface area contributed by atoms with Crippen LogP contribution in [-0.2, 0) is 0 Å². The van der Waals surface area contributed by atoms with E-state index in [0.717, 1.165) is 0 Å². The van der Waals surface area contributed by atoms with Gasteiger partial charge in [0.1, 0.15) is 5.76 Å². The second-order valence-electron chi connectivity index (χ2n) is 3.56. The molecular weight excluding hydrogens is 148 g/mol. The van der Waals surface area contributed by atoms with Crippen LogP contribution in [0.3, 0.4) is 0 Å². The summed E-state index contributed by atoms with van der Waals surface area (Å²) in [5.74, 6) is 0.770. The predicted molar refractivity (Wildman–Crippen MR) is 49.7 cm³/mol. The second kappa shape index (κ2) is 2.37. The maximum Gasteiger partial charge on any atom is 0.112 e. The third kappa shape index (κ3) is 1.02. The molecule has 2 atom stereocenters. The topological polar surface area (TPSA) is 20.2 Å². The average Bonchev–Trinajstić information content (AvgIpc) is 2.02. The molecule has 0 aromatic rings. The number of fused-ring (bicyclic) bond motifs is 1. The molecule has 12 heavy (non-hydrogen) atoms. The van der Waals surface area contributed by atoms with E-state index < -0.39 is 0 Å². The maximum atomic E-state index is 9.33. The molecule has 0 saturated heterocycles. The molecule has 1 N–H and O–H groups in total. The van der Waals surface area contributed by atoms with Gasteiger partial charge in [0.2, 0.25) is 0 Å². The number of hydrogen-bond acceptors (Lipinski definition) is 1. The molecule has 1 nitrogen and oxygen atoms in total. The molecule has 0 spiro atoms. The van der Waals surface area contributed by atoms with Gasteiger partial charge in [-0.2, -0.15) is 0 Å². The zero-order valence-corrected chi connectivity index (χ0v) is 7.07. The van der Waals surface area contributed by atoms with Crippen molar-refractivity contribution < 1.29 is 5.11 Å². The fourth-order valence-electron chi connectivity index (χ4n) is 1.75. The maximum absolute atomic E-state index is 9.33. The summed E-state index contributed by atoms with van der Waals surface area (Å²) >= 11 is 0. The summed E-state index contributed by atoms with van der Waals surface area (Å²) in [5.41, 5.74) is -0.0203. The van der Waals surface area contributed by atoms with E-state index in [1.165, 1.54) is 0 Å². The lowest BCUT2D eigenvalue weighted by atomic mass is 9.72. The van der Waals surface area contributed by atoms with Crippen LogP contribution in [0.15, 0.2) is 48.3 Å². The summed E-state index contributed by atoms with van der Waals surface area (Å²) in [6, 6.07) is 0. The van der Waals surface area contributed by atoms with Gasteiger partial charge in [-0.3, -0.25) is 0 Å². The van der Waals surface area contributed by atoms with Crippen molar-refractivity contribution in [1.82, 2.24) is 0 Å².